The quantitative estimate of drug-likeness (QED) is 0.860. The molecule has 0 radical (unpaired) electrons. The van der Waals surface area contributed by atoms with Crippen LogP contribution < -0.4 is 9.47 Å². The first-order valence-corrected chi connectivity index (χ1v) is 6.67. The molecule has 0 fully saturated rings. The van der Waals surface area contributed by atoms with E-state index in [0.29, 0.717) is 22.1 Å². The normalized spacial score (nSPS) is 13.0. The standard InChI is InChI=1S/C16H14ClNO3/c1-20-14-8-4-5-9-15(14)21-16(13(19)10-18)11-6-2-3-7-12(11)17/h2-9,13,16,19H,1H3. The second kappa shape index (κ2) is 6.98. The van der Waals surface area contributed by atoms with Crippen LogP contribution >= 0.6 is 11.6 Å². The van der Waals surface area contributed by atoms with Crippen LogP contribution in [0.2, 0.25) is 5.02 Å². The van der Waals surface area contributed by atoms with Crippen molar-refractivity contribution in [2.75, 3.05) is 7.11 Å². The molecule has 0 saturated carbocycles. The molecule has 0 aromatic heterocycles. The van der Waals surface area contributed by atoms with Crippen molar-refractivity contribution < 1.29 is 14.6 Å². The lowest BCUT2D eigenvalue weighted by Crippen LogP contribution is -2.22. The van der Waals surface area contributed by atoms with Crippen LogP contribution in [0.3, 0.4) is 0 Å². The number of hydrogen-bond acceptors (Lipinski definition) is 4. The van der Waals surface area contributed by atoms with Gasteiger partial charge in [0.1, 0.15) is 0 Å². The van der Waals surface area contributed by atoms with Crippen molar-refractivity contribution in [3.63, 3.8) is 0 Å². The van der Waals surface area contributed by atoms with Crippen LogP contribution in [0.25, 0.3) is 0 Å². The van der Waals surface area contributed by atoms with Crippen LogP contribution in [0, 0.1) is 11.3 Å². The molecule has 0 saturated heterocycles. The SMILES string of the molecule is COc1ccccc1OC(c1ccccc1Cl)C(O)C#N. The lowest BCUT2D eigenvalue weighted by atomic mass is 10.0. The van der Waals surface area contributed by atoms with Crippen LogP contribution in [-0.2, 0) is 0 Å². The number of aliphatic hydroxyl groups is 1. The van der Waals surface area contributed by atoms with E-state index in [9.17, 15) is 5.11 Å². The molecule has 5 heteroatoms. The fourth-order valence-electron chi connectivity index (χ4n) is 1.92. The number of ether oxygens (including phenoxy) is 2. The molecule has 4 nitrogen and oxygen atoms in total. The number of nitriles is 1. The van der Waals surface area contributed by atoms with Crippen molar-refractivity contribution in [2.45, 2.75) is 12.2 Å². The highest BCUT2D eigenvalue weighted by molar-refractivity contribution is 6.31. The van der Waals surface area contributed by atoms with Crippen molar-refractivity contribution in [1.29, 1.82) is 5.26 Å². The Morgan fingerprint density at radius 2 is 1.71 bits per heavy atom. The second-order valence-electron chi connectivity index (χ2n) is 4.28. The van der Waals surface area contributed by atoms with Crippen molar-refractivity contribution >= 4 is 11.6 Å². The summed E-state index contributed by atoms with van der Waals surface area (Å²) >= 11 is 6.13. The van der Waals surface area contributed by atoms with Gasteiger partial charge in [-0.1, -0.05) is 41.9 Å². The summed E-state index contributed by atoms with van der Waals surface area (Å²) < 4.78 is 11.0. The van der Waals surface area contributed by atoms with E-state index in [1.54, 1.807) is 54.6 Å². The molecule has 21 heavy (non-hydrogen) atoms. The summed E-state index contributed by atoms with van der Waals surface area (Å²) in [6.45, 7) is 0. The molecule has 0 aliphatic heterocycles. The van der Waals surface area contributed by atoms with Gasteiger partial charge in [-0.15, -0.1) is 0 Å². The maximum atomic E-state index is 9.93. The lowest BCUT2D eigenvalue weighted by Gasteiger charge is -2.22. The molecule has 0 aliphatic rings. The summed E-state index contributed by atoms with van der Waals surface area (Å²) in [6, 6.07) is 15.7. The number of methoxy groups -OCH3 is 1. The van der Waals surface area contributed by atoms with E-state index in [-0.39, 0.29) is 0 Å². The Balaban J connectivity index is 2.39. The molecule has 2 aromatic carbocycles. The van der Waals surface area contributed by atoms with Gasteiger partial charge in [-0.3, -0.25) is 0 Å². The smallest absolute Gasteiger partial charge is 0.181 e. The van der Waals surface area contributed by atoms with E-state index < -0.39 is 12.2 Å². The third-order valence-electron chi connectivity index (χ3n) is 2.95. The van der Waals surface area contributed by atoms with Crippen LogP contribution in [0.15, 0.2) is 48.5 Å². The predicted molar refractivity (Wildman–Crippen MR) is 79.4 cm³/mol. The Morgan fingerprint density at radius 1 is 1.10 bits per heavy atom. The van der Waals surface area contributed by atoms with Gasteiger partial charge in [0.05, 0.1) is 13.2 Å². The fraction of sp³-hybridized carbons (Fsp3) is 0.188. The number of rotatable bonds is 5. The minimum absolute atomic E-state index is 0.423. The van der Waals surface area contributed by atoms with Gasteiger partial charge in [0.2, 0.25) is 0 Å². The Kier molecular flexibility index (Phi) is 5.04. The fourth-order valence-corrected chi connectivity index (χ4v) is 2.17. The first kappa shape index (κ1) is 15.2. The molecule has 0 heterocycles. The summed E-state index contributed by atoms with van der Waals surface area (Å²) in [6.07, 6.45) is -2.25. The summed E-state index contributed by atoms with van der Waals surface area (Å²) in [5.74, 6) is 0.943. The first-order chi connectivity index (χ1) is 10.2. The molecule has 0 bridgehead atoms. The molecule has 0 aliphatic carbocycles. The maximum Gasteiger partial charge on any atom is 0.181 e. The zero-order valence-electron chi connectivity index (χ0n) is 11.4. The van der Waals surface area contributed by atoms with Crippen molar-refractivity contribution in [1.82, 2.24) is 0 Å². The van der Waals surface area contributed by atoms with Gasteiger partial charge in [0, 0.05) is 10.6 Å². The molecule has 108 valence electrons. The Labute approximate surface area is 128 Å². The molecule has 1 N–H and O–H groups in total. The van der Waals surface area contributed by atoms with Gasteiger partial charge in [0.15, 0.2) is 23.7 Å². The number of hydrogen-bond donors (Lipinski definition) is 1. The molecule has 2 aromatic rings. The number of halogens is 1. The van der Waals surface area contributed by atoms with E-state index in [1.807, 2.05) is 0 Å². The van der Waals surface area contributed by atoms with Crippen molar-refractivity contribution in [2.24, 2.45) is 0 Å². The average molecular weight is 304 g/mol. The topological polar surface area (TPSA) is 62.5 Å². The maximum absolute atomic E-state index is 9.93. The molecule has 2 rings (SSSR count). The average Bonchev–Trinajstić information content (AvgIpc) is 2.53. The Hall–Kier alpha value is -2.22. The number of benzene rings is 2. The number of aliphatic hydroxyl groups excluding tert-OH is 1. The monoisotopic (exact) mass is 303 g/mol. The van der Waals surface area contributed by atoms with Gasteiger partial charge in [-0.2, -0.15) is 5.26 Å². The van der Waals surface area contributed by atoms with Crippen molar-refractivity contribution in [3.05, 3.63) is 59.1 Å². The summed E-state index contributed by atoms with van der Waals surface area (Å²) in [4.78, 5) is 0. The molecule has 0 amide bonds. The van der Waals surface area contributed by atoms with Gasteiger partial charge in [-0.25, -0.2) is 0 Å². The zero-order valence-corrected chi connectivity index (χ0v) is 12.1. The Bertz CT molecular complexity index is 654. The summed E-state index contributed by atoms with van der Waals surface area (Å²) in [7, 11) is 1.52. The summed E-state index contributed by atoms with van der Waals surface area (Å²) in [5.41, 5.74) is 0.541. The molecule has 0 spiro atoms. The molecular weight excluding hydrogens is 290 g/mol. The van der Waals surface area contributed by atoms with Gasteiger partial charge < -0.3 is 14.6 Å². The summed E-state index contributed by atoms with van der Waals surface area (Å²) in [5, 5.41) is 19.4. The predicted octanol–water partition coefficient (Wildman–Crippen LogP) is 3.35. The van der Waals surface area contributed by atoms with Crippen LogP contribution in [0.1, 0.15) is 11.7 Å². The van der Waals surface area contributed by atoms with Crippen LogP contribution in [-0.4, -0.2) is 18.3 Å². The highest BCUT2D eigenvalue weighted by Gasteiger charge is 2.26. The Morgan fingerprint density at radius 3 is 2.33 bits per heavy atom. The van der Waals surface area contributed by atoms with E-state index in [2.05, 4.69) is 0 Å². The van der Waals surface area contributed by atoms with Gasteiger partial charge >= 0.3 is 0 Å². The minimum atomic E-state index is -1.35. The van der Waals surface area contributed by atoms with E-state index in [0.717, 1.165) is 0 Å². The second-order valence-corrected chi connectivity index (χ2v) is 4.69. The zero-order chi connectivity index (χ0) is 15.2. The van der Waals surface area contributed by atoms with Gasteiger partial charge in [-0.05, 0) is 18.2 Å². The molecule has 2 atom stereocenters. The van der Waals surface area contributed by atoms with E-state index >= 15 is 0 Å². The number of nitrogens with zero attached hydrogens (tertiary/aromatic N) is 1. The lowest BCUT2D eigenvalue weighted by molar-refractivity contribution is 0.0693. The first-order valence-electron chi connectivity index (χ1n) is 6.29. The van der Waals surface area contributed by atoms with E-state index in [4.69, 9.17) is 26.3 Å². The van der Waals surface area contributed by atoms with Crippen molar-refractivity contribution in [3.8, 4) is 17.6 Å². The van der Waals surface area contributed by atoms with Crippen LogP contribution in [0.5, 0.6) is 11.5 Å². The molecule has 2 unspecified atom stereocenters. The number of para-hydroxylation sites is 2. The third-order valence-corrected chi connectivity index (χ3v) is 3.30. The highest BCUT2D eigenvalue weighted by atomic mass is 35.5. The third kappa shape index (κ3) is 3.46. The minimum Gasteiger partial charge on any atom is -0.493 e. The largest absolute Gasteiger partial charge is 0.493 e. The van der Waals surface area contributed by atoms with Crippen LogP contribution in [0.4, 0.5) is 0 Å². The molecular formula is C16H14ClNO3. The van der Waals surface area contributed by atoms with E-state index in [1.165, 1.54) is 7.11 Å². The highest BCUT2D eigenvalue weighted by Crippen LogP contribution is 2.34. The van der Waals surface area contributed by atoms with Gasteiger partial charge in [0.25, 0.3) is 0 Å².